The summed E-state index contributed by atoms with van der Waals surface area (Å²) in [5.41, 5.74) is 2.83. The van der Waals surface area contributed by atoms with E-state index in [0.29, 0.717) is 55.7 Å². The number of benzene rings is 5. The zero-order valence-electron chi connectivity index (χ0n) is 25.0. The van der Waals surface area contributed by atoms with Crippen LogP contribution in [-0.2, 0) is 17.8 Å². The number of rotatable bonds is 10. The Morgan fingerprint density at radius 3 is 2.27 bits per heavy atom. The molecule has 0 bridgehead atoms. The molecule has 0 amide bonds. The lowest BCUT2D eigenvalue weighted by atomic mass is 9.88. The Morgan fingerprint density at radius 1 is 0.875 bits per heavy atom. The molecular formula is C37H27I2NO8. The van der Waals surface area contributed by atoms with Gasteiger partial charge in [-0.3, -0.25) is 10.1 Å². The van der Waals surface area contributed by atoms with Gasteiger partial charge in [0.1, 0.15) is 34.8 Å². The van der Waals surface area contributed by atoms with E-state index >= 15 is 0 Å². The van der Waals surface area contributed by atoms with Crippen LogP contribution in [0.25, 0.3) is 12.2 Å². The van der Waals surface area contributed by atoms with E-state index in [2.05, 4.69) is 57.1 Å². The summed E-state index contributed by atoms with van der Waals surface area (Å²) in [5, 5.41) is 45.2. The summed E-state index contributed by atoms with van der Waals surface area (Å²) in [6, 6.07) is 24.3. The standard InChI is InChI=1S/C37H27I2NO8/c1-19-6-11-25-32(14-19)48-34-26(33(25)23-4-2-3-5-24(23)36(43)44)12-13-31(42)27(34)18-40-30(37(45)46)17-20-15-28(38)35(29(39)16-20)47-22-9-7-21(41)8-10-22/h2-16,30,40-42H,1,17-18H2,(H,43,44)(H,45,46). The summed E-state index contributed by atoms with van der Waals surface area (Å²) in [6.07, 6.45) is 0.133. The topological polar surface area (TPSA) is 146 Å². The van der Waals surface area contributed by atoms with Crippen LogP contribution < -0.4 is 25.2 Å². The number of carboxylic acid groups (broad SMARTS) is 2. The van der Waals surface area contributed by atoms with E-state index < -0.39 is 18.0 Å². The monoisotopic (exact) mass is 867 g/mol. The van der Waals surface area contributed by atoms with E-state index in [4.69, 9.17) is 9.47 Å². The predicted octanol–water partition coefficient (Wildman–Crippen LogP) is 6.35. The minimum Gasteiger partial charge on any atom is -0.508 e. The predicted molar refractivity (Wildman–Crippen MR) is 196 cm³/mol. The van der Waals surface area contributed by atoms with Gasteiger partial charge in [0, 0.05) is 22.9 Å². The average Bonchev–Trinajstić information content (AvgIpc) is 3.05. The van der Waals surface area contributed by atoms with E-state index in [1.165, 1.54) is 24.3 Å². The fraction of sp³-hybridized carbons (Fsp3) is 0.0811. The number of halogens is 2. The Morgan fingerprint density at radius 2 is 1.58 bits per heavy atom. The zero-order valence-corrected chi connectivity index (χ0v) is 29.4. The number of hydrogen-bond donors (Lipinski definition) is 5. The molecule has 5 aromatic rings. The van der Waals surface area contributed by atoms with E-state index in [1.54, 1.807) is 42.5 Å². The Bertz CT molecular complexity index is 2180. The molecule has 1 unspecified atom stereocenters. The number of phenols is 2. The van der Waals surface area contributed by atoms with Crippen LogP contribution in [0, 0.1) is 7.14 Å². The average molecular weight is 867 g/mol. The Hall–Kier alpha value is -4.60. The third-order valence-corrected chi connectivity index (χ3v) is 9.44. The molecule has 0 saturated carbocycles. The van der Waals surface area contributed by atoms with Crippen molar-refractivity contribution in [3.63, 3.8) is 0 Å². The fourth-order valence-electron chi connectivity index (χ4n) is 5.56. The Balaban J connectivity index is 1.32. The first kappa shape index (κ1) is 33.3. The van der Waals surface area contributed by atoms with Gasteiger partial charge in [-0.25, -0.2) is 4.79 Å². The quantitative estimate of drug-likeness (QED) is 0.0996. The summed E-state index contributed by atoms with van der Waals surface area (Å²) >= 11 is 4.29. The number of hydrogen-bond acceptors (Lipinski definition) is 7. The van der Waals surface area contributed by atoms with Gasteiger partial charge < -0.3 is 29.9 Å². The summed E-state index contributed by atoms with van der Waals surface area (Å²) in [7, 11) is 0. The van der Waals surface area contributed by atoms with Crippen LogP contribution in [0.4, 0.5) is 0 Å². The second kappa shape index (κ2) is 13.9. The lowest BCUT2D eigenvalue weighted by Gasteiger charge is -2.25. The van der Waals surface area contributed by atoms with E-state index in [-0.39, 0.29) is 30.0 Å². The lowest BCUT2D eigenvalue weighted by molar-refractivity contribution is -0.139. The molecule has 0 aliphatic carbocycles. The molecule has 0 radical (unpaired) electrons. The van der Waals surface area contributed by atoms with Crippen molar-refractivity contribution in [1.29, 1.82) is 0 Å². The van der Waals surface area contributed by atoms with Crippen LogP contribution in [0.1, 0.15) is 32.6 Å². The van der Waals surface area contributed by atoms with Crippen molar-refractivity contribution in [2.24, 2.45) is 0 Å². The van der Waals surface area contributed by atoms with Gasteiger partial charge in [0.25, 0.3) is 0 Å². The van der Waals surface area contributed by atoms with Crippen LogP contribution in [0.3, 0.4) is 0 Å². The van der Waals surface area contributed by atoms with E-state index in [0.717, 1.165) is 12.7 Å². The summed E-state index contributed by atoms with van der Waals surface area (Å²) in [5.74, 6) is -0.249. The molecule has 0 aromatic heterocycles. The molecule has 11 heteroatoms. The number of carboxylic acids is 2. The first-order chi connectivity index (χ1) is 23.0. The SMILES string of the molecule is C=c1ccc2c(c1)Oc1c(ccc(O)c1CNC(Cc1cc(I)c(Oc3ccc(O)cc3)c(I)c1)C(=O)O)C=2c1ccccc1C(=O)O. The molecule has 1 heterocycles. The van der Waals surface area contributed by atoms with Crippen molar-refractivity contribution in [2.75, 3.05) is 0 Å². The fourth-order valence-corrected chi connectivity index (χ4v) is 7.68. The van der Waals surface area contributed by atoms with Gasteiger partial charge in [0.05, 0.1) is 18.3 Å². The molecule has 0 fully saturated rings. The molecule has 1 aliphatic heterocycles. The van der Waals surface area contributed by atoms with Crippen LogP contribution in [0.15, 0.2) is 91.0 Å². The molecule has 242 valence electrons. The molecule has 6 rings (SSSR count). The van der Waals surface area contributed by atoms with Gasteiger partial charge in [-0.15, -0.1) is 0 Å². The number of aromatic hydroxyl groups is 2. The minimum atomic E-state index is -1.09. The van der Waals surface area contributed by atoms with Gasteiger partial charge in [-0.1, -0.05) is 36.9 Å². The molecule has 48 heavy (non-hydrogen) atoms. The highest BCUT2D eigenvalue weighted by atomic mass is 127. The zero-order chi connectivity index (χ0) is 34.1. The highest BCUT2D eigenvalue weighted by Crippen LogP contribution is 2.42. The Kier molecular flexibility index (Phi) is 9.62. The van der Waals surface area contributed by atoms with Crippen LogP contribution >= 0.6 is 45.2 Å². The Labute approximate surface area is 302 Å². The summed E-state index contributed by atoms with van der Waals surface area (Å²) < 4.78 is 13.9. The molecule has 9 nitrogen and oxygen atoms in total. The number of fused-ring (bicyclic) bond motifs is 2. The highest BCUT2D eigenvalue weighted by Gasteiger charge is 2.28. The first-order valence-corrected chi connectivity index (χ1v) is 16.8. The third kappa shape index (κ3) is 6.84. The summed E-state index contributed by atoms with van der Waals surface area (Å²) in [4.78, 5) is 24.7. The van der Waals surface area contributed by atoms with Crippen molar-refractivity contribution in [1.82, 2.24) is 5.32 Å². The van der Waals surface area contributed by atoms with Gasteiger partial charge in [0.2, 0.25) is 0 Å². The van der Waals surface area contributed by atoms with E-state index in [1.807, 2.05) is 24.3 Å². The first-order valence-electron chi connectivity index (χ1n) is 14.6. The smallest absolute Gasteiger partial charge is 0.336 e. The maximum atomic E-state index is 12.5. The van der Waals surface area contributed by atoms with Crippen LogP contribution in [-0.4, -0.2) is 38.4 Å². The highest BCUT2D eigenvalue weighted by molar-refractivity contribution is 14.1. The number of ether oxygens (including phenoxy) is 2. The van der Waals surface area contributed by atoms with Gasteiger partial charge in [-0.05, 0) is 129 Å². The molecule has 5 N–H and O–H groups in total. The van der Waals surface area contributed by atoms with Gasteiger partial charge in [-0.2, -0.15) is 0 Å². The van der Waals surface area contributed by atoms with Crippen molar-refractivity contribution in [2.45, 2.75) is 19.0 Å². The number of nitrogens with one attached hydrogen (secondary N) is 1. The maximum absolute atomic E-state index is 12.5. The molecule has 0 saturated heterocycles. The van der Waals surface area contributed by atoms with Crippen molar-refractivity contribution in [3.05, 3.63) is 136 Å². The van der Waals surface area contributed by atoms with Crippen molar-refractivity contribution in [3.8, 4) is 34.5 Å². The second-order valence-corrected chi connectivity index (χ2v) is 13.4. The maximum Gasteiger partial charge on any atom is 0.336 e. The van der Waals surface area contributed by atoms with Gasteiger partial charge in [0.15, 0.2) is 5.75 Å². The number of aromatic carboxylic acids is 1. The normalized spacial score (nSPS) is 12.4. The molecule has 1 aliphatic rings. The number of carbonyl (C=O) groups is 2. The van der Waals surface area contributed by atoms with Crippen molar-refractivity contribution >= 4 is 69.3 Å². The third-order valence-electron chi connectivity index (χ3n) is 7.84. The minimum absolute atomic E-state index is 0.0601. The number of phenolic OH excluding ortho intramolecular Hbond substituents is 2. The molecule has 5 aromatic carbocycles. The van der Waals surface area contributed by atoms with Crippen LogP contribution in [0.2, 0.25) is 0 Å². The lowest BCUT2D eigenvalue weighted by Crippen LogP contribution is -2.38. The molecular weight excluding hydrogens is 840 g/mol. The van der Waals surface area contributed by atoms with Crippen LogP contribution in [0.5, 0.6) is 34.5 Å². The van der Waals surface area contributed by atoms with Gasteiger partial charge >= 0.3 is 11.9 Å². The molecule has 1 atom stereocenters. The molecule has 0 spiro atoms. The summed E-state index contributed by atoms with van der Waals surface area (Å²) in [6.45, 7) is 3.94. The second-order valence-electron chi connectivity index (χ2n) is 11.1. The largest absolute Gasteiger partial charge is 0.508 e. The number of aliphatic carboxylic acids is 1. The van der Waals surface area contributed by atoms with Crippen molar-refractivity contribution < 1.29 is 39.5 Å². The van der Waals surface area contributed by atoms with E-state index in [9.17, 15) is 30.0 Å².